The van der Waals surface area contributed by atoms with E-state index in [2.05, 4.69) is 5.32 Å². The first-order valence-corrected chi connectivity index (χ1v) is 8.42. The zero-order valence-corrected chi connectivity index (χ0v) is 15.0. The van der Waals surface area contributed by atoms with Gasteiger partial charge in [-0.3, -0.25) is 0 Å². The summed E-state index contributed by atoms with van der Waals surface area (Å²) < 4.78 is 16.3. The highest BCUT2D eigenvalue weighted by molar-refractivity contribution is 5.89. The topological polar surface area (TPSA) is 77.8 Å². The normalized spacial score (nSPS) is 13.3. The van der Waals surface area contributed by atoms with Crippen LogP contribution in [-0.2, 0) is 9.53 Å². The zero-order chi connectivity index (χ0) is 18.7. The van der Waals surface area contributed by atoms with Crippen molar-refractivity contribution < 1.29 is 18.7 Å². The van der Waals surface area contributed by atoms with Gasteiger partial charge in [0.1, 0.15) is 24.5 Å². The summed E-state index contributed by atoms with van der Waals surface area (Å²) in [5, 5.41) is 3.75. The number of benzene rings is 1. The highest BCUT2D eigenvalue weighted by atomic mass is 16.6. The molecule has 1 aromatic carbocycles. The summed E-state index contributed by atoms with van der Waals surface area (Å²) >= 11 is 0. The van der Waals surface area contributed by atoms with Crippen LogP contribution in [0.25, 0.3) is 11.0 Å². The second-order valence-corrected chi connectivity index (χ2v) is 6.13. The third-order valence-corrected chi connectivity index (χ3v) is 4.47. The average Bonchev–Trinajstić information content (AvgIpc) is 2.66. The Morgan fingerprint density at radius 1 is 1.15 bits per heavy atom. The highest BCUT2D eigenvalue weighted by Gasteiger charge is 2.14. The standard InChI is InChI=1S/C20H21NO5/c1-12-13(2)19(22)26-18-14(3)17(7-6-16(12)18)24-9-10-25-20(23)15-5-4-8-21-11-15/h4,6-8,11,21H,5,9-10H2,1-3H3. The summed E-state index contributed by atoms with van der Waals surface area (Å²) in [4.78, 5) is 23.8. The molecule has 136 valence electrons. The van der Waals surface area contributed by atoms with Crippen molar-refractivity contribution >= 4 is 16.9 Å². The Balaban J connectivity index is 1.65. The van der Waals surface area contributed by atoms with E-state index in [1.165, 1.54) is 0 Å². The second kappa shape index (κ2) is 7.47. The molecule has 1 N–H and O–H groups in total. The Labute approximate surface area is 151 Å². The van der Waals surface area contributed by atoms with E-state index in [0.29, 0.717) is 28.9 Å². The first-order valence-electron chi connectivity index (χ1n) is 8.42. The summed E-state index contributed by atoms with van der Waals surface area (Å²) in [6.07, 6.45) is 5.80. The van der Waals surface area contributed by atoms with Crippen molar-refractivity contribution in [1.82, 2.24) is 5.32 Å². The molecule has 6 heteroatoms. The van der Waals surface area contributed by atoms with Crippen LogP contribution in [0, 0.1) is 20.8 Å². The van der Waals surface area contributed by atoms with Crippen LogP contribution in [0.4, 0.5) is 0 Å². The van der Waals surface area contributed by atoms with E-state index < -0.39 is 0 Å². The van der Waals surface area contributed by atoms with Crippen molar-refractivity contribution in [2.75, 3.05) is 13.2 Å². The predicted molar refractivity (Wildman–Crippen MR) is 98.1 cm³/mol. The van der Waals surface area contributed by atoms with Gasteiger partial charge >= 0.3 is 11.6 Å². The van der Waals surface area contributed by atoms with Gasteiger partial charge in [-0.15, -0.1) is 0 Å². The number of carbonyl (C=O) groups excluding carboxylic acids is 1. The lowest BCUT2D eigenvalue weighted by Gasteiger charge is -2.13. The van der Waals surface area contributed by atoms with Crippen LogP contribution >= 0.6 is 0 Å². The monoisotopic (exact) mass is 355 g/mol. The number of esters is 1. The maximum Gasteiger partial charge on any atom is 0.339 e. The zero-order valence-electron chi connectivity index (χ0n) is 15.0. The molecule has 6 nitrogen and oxygen atoms in total. The molecule has 0 fully saturated rings. The molecule has 0 bridgehead atoms. The van der Waals surface area contributed by atoms with Gasteiger partial charge in [-0.05, 0) is 44.7 Å². The molecule has 0 saturated carbocycles. The van der Waals surface area contributed by atoms with Gasteiger partial charge in [-0.1, -0.05) is 6.08 Å². The number of allylic oxidation sites excluding steroid dienone is 1. The van der Waals surface area contributed by atoms with Crippen LogP contribution in [0.2, 0.25) is 0 Å². The fraction of sp³-hybridized carbons (Fsp3) is 0.300. The van der Waals surface area contributed by atoms with Gasteiger partial charge in [0.2, 0.25) is 0 Å². The predicted octanol–water partition coefficient (Wildman–Crippen LogP) is 3.03. The van der Waals surface area contributed by atoms with Crippen molar-refractivity contribution in [2.45, 2.75) is 27.2 Å². The molecule has 0 radical (unpaired) electrons. The lowest BCUT2D eigenvalue weighted by Crippen LogP contribution is -2.16. The Hall–Kier alpha value is -3.02. The molecule has 0 atom stereocenters. The number of fused-ring (bicyclic) bond motifs is 1. The molecule has 1 aliphatic rings. The number of rotatable bonds is 5. The smallest absolute Gasteiger partial charge is 0.339 e. The van der Waals surface area contributed by atoms with Crippen molar-refractivity contribution in [1.29, 1.82) is 0 Å². The summed E-state index contributed by atoms with van der Waals surface area (Å²) in [5.74, 6) is 0.235. The average molecular weight is 355 g/mol. The molecule has 3 rings (SSSR count). The van der Waals surface area contributed by atoms with Gasteiger partial charge in [0.15, 0.2) is 0 Å². The largest absolute Gasteiger partial charge is 0.490 e. The van der Waals surface area contributed by atoms with Crippen LogP contribution in [0.1, 0.15) is 23.1 Å². The SMILES string of the molecule is Cc1c(C)c2ccc(OCCOC(=O)C3=CNC=CC3)c(C)c2oc1=O. The van der Waals surface area contributed by atoms with E-state index in [0.717, 1.165) is 16.5 Å². The third-order valence-electron chi connectivity index (χ3n) is 4.47. The molecule has 0 amide bonds. The Morgan fingerprint density at radius 3 is 2.69 bits per heavy atom. The molecule has 1 aromatic heterocycles. The summed E-state index contributed by atoms with van der Waals surface area (Å²) in [6, 6.07) is 3.71. The summed E-state index contributed by atoms with van der Waals surface area (Å²) in [5.41, 5.74) is 3.02. The summed E-state index contributed by atoms with van der Waals surface area (Å²) in [6.45, 7) is 5.84. The maximum atomic E-state index is 11.9. The van der Waals surface area contributed by atoms with Crippen LogP contribution in [0.5, 0.6) is 5.75 Å². The van der Waals surface area contributed by atoms with Gasteiger partial charge in [0.05, 0.1) is 5.57 Å². The van der Waals surface area contributed by atoms with Gasteiger partial charge in [0, 0.05) is 29.1 Å². The molecule has 0 spiro atoms. The minimum Gasteiger partial charge on any atom is -0.490 e. The second-order valence-electron chi connectivity index (χ2n) is 6.13. The minimum absolute atomic E-state index is 0.133. The molecule has 2 heterocycles. The van der Waals surface area contributed by atoms with E-state index in [-0.39, 0.29) is 24.8 Å². The van der Waals surface area contributed by atoms with Crippen LogP contribution in [-0.4, -0.2) is 19.2 Å². The van der Waals surface area contributed by atoms with Gasteiger partial charge in [0.25, 0.3) is 0 Å². The number of ether oxygens (including phenoxy) is 2. The molecular formula is C20H21NO5. The Kier molecular flexibility index (Phi) is 5.11. The number of dihydropyridines is 1. The van der Waals surface area contributed by atoms with Gasteiger partial charge < -0.3 is 19.2 Å². The van der Waals surface area contributed by atoms with Crippen molar-refractivity contribution in [3.63, 3.8) is 0 Å². The van der Waals surface area contributed by atoms with Gasteiger partial charge in [-0.25, -0.2) is 9.59 Å². The number of hydrogen-bond acceptors (Lipinski definition) is 6. The first-order chi connectivity index (χ1) is 12.5. The van der Waals surface area contributed by atoms with Crippen LogP contribution < -0.4 is 15.7 Å². The molecule has 1 aliphatic heterocycles. The van der Waals surface area contributed by atoms with Crippen LogP contribution in [0.3, 0.4) is 0 Å². The lowest BCUT2D eigenvalue weighted by atomic mass is 10.0. The van der Waals surface area contributed by atoms with E-state index in [1.807, 2.05) is 32.1 Å². The van der Waals surface area contributed by atoms with Crippen molar-refractivity contribution in [3.8, 4) is 5.75 Å². The molecule has 26 heavy (non-hydrogen) atoms. The van der Waals surface area contributed by atoms with E-state index in [9.17, 15) is 9.59 Å². The molecule has 0 saturated heterocycles. The number of hydrogen-bond donors (Lipinski definition) is 1. The van der Waals surface area contributed by atoms with Crippen molar-refractivity contribution in [2.24, 2.45) is 0 Å². The molecule has 0 aliphatic carbocycles. The molecule has 0 unspecified atom stereocenters. The number of aryl methyl sites for hydroxylation is 2. The third kappa shape index (κ3) is 3.49. The Morgan fingerprint density at radius 2 is 1.96 bits per heavy atom. The fourth-order valence-electron chi connectivity index (χ4n) is 2.76. The van der Waals surface area contributed by atoms with Crippen molar-refractivity contribution in [3.05, 3.63) is 63.3 Å². The molecule has 2 aromatic rings. The van der Waals surface area contributed by atoms with Gasteiger partial charge in [-0.2, -0.15) is 0 Å². The van der Waals surface area contributed by atoms with Crippen LogP contribution in [0.15, 0.2) is 45.4 Å². The van der Waals surface area contributed by atoms with E-state index in [1.54, 1.807) is 19.3 Å². The minimum atomic E-state index is -0.363. The number of carbonyl (C=O) groups is 1. The first kappa shape index (κ1) is 17.8. The highest BCUT2D eigenvalue weighted by Crippen LogP contribution is 2.29. The number of nitrogens with one attached hydrogen (secondary N) is 1. The maximum absolute atomic E-state index is 11.9. The Bertz CT molecular complexity index is 968. The molecular weight excluding hydrogens is 334 g/mol. The lowest BCUT2D eigenvalue weighted by molar-refractivity contribution is -0.139. The van der Waals surface area contributed by atoms with E-state index in [4.69, 9.17) is 13.9 Å². The quantitative estimate of drug-likeness (QED) is 0.505. The summed E-state index contributed by atoms with van der Waals surface area (Å²) in [7, 11) is 0. The van der Waals surface area contributed by atoms with E-state index >= 15 is 0 Å². The fourth-order valence-corrected chi connectivity index (χ4v) is 2.76.